The van der Waals surface area contributed by atoms with E-state index in [1.165, 1.54) is 0 Å². The second kappa shape index (κ2) is 7.20. The normalized spacial score (nSPS) is 11.6. The summed E-state index contributed by atoms with van der Waals surface area (Å²) in [5, 5.41) is 3.84. The maximum atomic E-state index is 11.9. The lowest BCUT2D eigenvalue weighted by molar-refractivity contribution is 0.0515. The van der Waals surface area contributed by atoms with Crippen molar-refractivity contribution in [2.24, 2.45) is 5.16 Å². The van der Waals surface area contributed by atoms with Crippen LogP contribution in [0.5, 0.6) is 0 Å². The minimum absolute atomic E-state index is 0.444. The summed E-state index contributed by atoms with van der Waals surface area (Å²) in [4.78, 5) is 16.8. The molecule has 0 saturated carbocycles. The Morgan fingerprint density at radius 1 is 1.05 bits per heavy atom. The Balaban J connectivity index is 1.99. The Bertz CT molecular complexity index is 673. The molecule has 2 aromatic rings. The highest BCUT2D eigenvalue weighted by Crippen LogP contribution is 2.09. The van der Waals surface area contributed by atoms with E-state index in [0.29, 0.717) is 11.3 Å². The highest BCUT2D eigenvalue weighted by molar-refractivity contribution is 5.97. The number of aryl methyl sites for hydroxylation is 1. The average Bonchev–Trinajstić information content (AvgIpc) is 2.52. The molecule has 0 heterocycles. The summed E-state index contributed by atoms with van der Waals surface area (Å²) in [7, 11) is 0. The van der Waals surface area contributed by atoms with Crippen molar-refractivity contribution < 1.29 is 9.63 Å². The zero-order valence-corrected chi connectivity index (χ0v) is 12.1. The van der Waals surface area contributed by atoms with Gasteiger partial charge in [-0.3, -0.25) is 0 Å². The molecule has 0 aliphatic carbocycles. The summed E-state index contributed by atoms with van der Waals surface area (Å²) in [5.41, 5.74) is 3.09. The summed E-state index contributed by atoms with van der Waals surface area (Å²) in [6, 6.07) is 17.1. The Kier molecular flexibility index (Phi) is 5.04. The van der Waals surface area contributed by atoms with Gasteiger partial charge in [0.25, 0.3) is 0 Å². The third kappa shape index (κ3) is 4.42. The van der Waals surface area contributed by atoms with E-state index in [2.05, 4.69) is 5.16 Å². The van der Waals surface area contributed by atoms with Crippen molar-refractivity contribution in [1.29, 1.82) is 0 Å². The lowest BCUT2D eigenvalue weighted by atomic mass is 10.1. The second-order valence-corrected chi connectivity index (χ2v) is 4.67. The topological polar surface area (TPSA) is 38.7 Å². The van der Waals surface area contributed by atoms with Gasteiger partial charge in [0, 0.05) is 0 Å². The third-order valence-corrected chi connectivity index (χ3v) is 2.95. The van der Waals surface area contributed by atoms with Gasteiger partial charge < -0.3 is 4.84 Å². The van der Waals surface area contributed by atoms with Crippen molar-refractivity contribution in [3.8, 4) is 0 Å². The second-order valence-electron chi connectivity index (χ2n) is 4.67. The first-order valence-electron chi connectivity index (χ1n) is 6.71. The molecule has 0 saturated heterocycles. The number of allylic oxidation sites excluding steroid dienone is 1. The van der Waals surface area contributed by atoms with Crippen molar-refractivity contribution in [3.63, 3.8) is 0 Å². The van der Waals surface area contributed by atoms with Gasteiger partial charge in [0.15, 0.2) is 0 Å². The summed E-state index contributed by atoms with van der Waals surface area (Å²) in [6.07, 6.45) is 3.72. The molecule has 0 unspecified atom stereocenters. The van der Waals surface area contributed by atoms with Gasteiger partial charge in [0.2, 0.25) is 0 Å². The van der Waals surface area contributed by atoms with E-state index in [9.17, 15) is 4.79 Å². The molecule has 0 radical (unpaired) electrons. The predicted molar refractivity (Wildman–Crippen MR) is 85.2 cm³/mol. The Morgan fingerprint density at radius 3 is 2.43 bits per heavy atom. The quantitative estimate of drug-likeness (QED) is 0.477. The van der Waals surface area contributed by atoms with Gasteiger partial charge in [-0.1, -0.05) is 59.8 Å². The van der Waals surface area contributed by atoms with Crippen LogP contribution in [0.2, 0.25) is 0 Å². The first-order valence-corrected chi connectivity index (χ1v) is 6.71. The maximum Gasteiger partial charge on any atom is 0.365 e. The Labute approximate surface area is 124 Å². The van der Waals surface area contributed by atoms with Crippen LogP contribution in [0.4, 0.5) is 0 Å². The molecule has 0 aliphatic rings. The van der Waals surface area contributed by atoms with Crippen LogP contribution in [0.25, 0.3) is 6.08 Å². The Hall–Kier alpha value is -2.68. The van der Waals surface area contributed by atoms with E-state index in [4.69, 9.17) is 4.84 Å². The number of hydrogen-bond acceptors (Lipinski definition) is 3. The van der Waals surface area contributed by atoms with Crippen LogP contribution in [0.3, 0.4) is 0 Å². The van der Waals surface area contributed by atoms with Crippen molar-refractivity contribution in [2.75, 3.05) is 0 Å². The van der Waals surface area contributed by atoms with Crippen LogP contribution in [0.1, 0.15) is 28.4 Å². The maximum absolute atomic E-state index is 11.9. The number of benzene rings is 2. The lowest BCUT2D eigenvalue weighted by Crippen LogP contribution is -2.04. The smallest absolute Gasteiger partial charge is 0.313 e. The molecule has 3 nitrogen and oxygen atoms in total. The molecular formula is C18H17NO2. The average molecular weight is 279 g/mol. The largest absolute Gasteiger partial charge is 0.365 e. The molecule has 2 aromatic carbocycles. The predicted octanol–water partition coefficient (Wildman–Crippen LogP) is 4.24. The van der Waals surface area contributed by atoms with E-state index in [1.54, 1.807) is 25.1 Å². The first kappa shape index (κ1) is 14.7. The molecule has 0 N–H and O–H groups in total. The van der Waals surface area contributed by atoms with E-state index >= 15 is 0 Å². The molecule has 0 fully saturated rings. The molecule has 106 valence electrons. The molecule has 21 heavy (non-hydrogen) atoms. The summed E-state index contributed by atoms with van der Waals surface area (Å²) in [6.45, 7) is 3.65. The number of hydrogen-bond donors (Lipinski definition) is 0. The van der Waals surface area contributed by atoms with E-state index in [-0.39, 0.29) is 0 Å². The molecule has 0 atom stereocenters. The van der Waals surface area contributed by atoms with Gasteiger partial charge in [-0.2, -0.15) is 0 Å². The fraction of sp³-hybridized carbons (Fsp3) is 0.111. The summed E-state index contributed by atoms with van der Waals surface area (Å²) >= 11 is 0. The fourth-order valence-electron chi connectivity index (χ4n) is 1.78. The molecule has 0 aliphatic heterocycles. The van der Waals surface area contributed by atoms with Gasteiger partial charge in [0.05, 0.1) is 11.3 Å². The SMILES string of the molecule is CC(/C=C/c1ccccc1)=N\OC(=O)c1ccccc1C. The van der Waals surface area contributed by atoms with E-state index in [1.807, 2.05) is 55.5 Å². The first-order chi connectivity index (χ1) is 10.2. The van der Waals surface area contributed by atoms with Gasteiger partial charge in [-0.15, -0.1) is 0 Å². The molecule has 0 aromatic heterocycles. The minimum Gasteiger partial charge on any atom is -0.313 e. The van der Waals surface area contributed by atoms with Crippen LogP contribution < -0.4 is 0 Å². The van der Waals surface area contributed by atoms with Gasteiger partial charge in [-0.25, -0.2) is 4.79 Å². The number of carbonyl (C=O) groups is 1. The van der Waals surface area contributed by atoms with Crippen molar-refractivity contribution in [1.82, 2.24) is 0 Å². The number of nitrogens with zero attached hydrogens (tertiary/aromatic N) is 1. The standard InChI is InChI=1S/C18H17NO2/c1-14-8-6-7-11-17(14)18(20)21-19-15(2)12-13-16-9-4-3-5-10-16/h3-13H,1-2H3/b13-12+,19-15+. The zero-order valence-electron chi connectivity index (χ0n) is 12.1. The van der Waals surface area contributed by atoms with E-state index in [0.717, 1.165) is 11.1 Å². The minimum atomic E-state index is -0.444. The molecule has 0 bridgehead atoms. The van der Waals surface area contributed by atoms with Gasteiger partial charge in [0.1, 0.15) is 0 Å². The molecular weight excluding hydrogens is 262 g/mol. The Morgan fingerprint density at radius 2 is 1.71 bits per heavy atom. The van der Waals surface area contributed by atoms with Gasteiger partial charge in [-0.05, 0) is 37.1 Å². The van der Waals surface area contributed by atoms with Gasteiger partial charge >= 0.3 is 5.97 Å². The zero-order chi connectivity index (χ0) is 15.1. The highest BCUT2D eigenvalue weighted by Gasteiger charge is 2.09. The summed E-state index contributed by atoms with van der Waals surface area (Å²) < 4.78 is 0. The molecule has 2 rings (SSSR count). The number of oxime groups is 1. The number of carbonyl (C=O) groups excluding carboxylic acids is 1. The third-order valence-electron chi connectivity index (χ3n) is 2.95. The van der Waals surface area contributed by atoms with E-state index < -0.39 is 5.97 Å². The fourth-order valence-corrected chi connectivity index (χ4v) is 1.78. The van der Waals surface area contributed by atoms with Crippen LogP contribution in [-0.2, 0) is 4.84 Å². The highest BCUT2D eigenvalue weighted by atomic mass is 16.7. The van der Waals surface area contributed by atoms with Crippen molar-refractivity contribution >= 4 is 17.8 Å². The van der Waals surface area contributed by atoms with Crippen LogP contribution in [0, 0.1) is 6.92 Å². The molecule has 0 amide bonds. The summed E-state index contributed by atoms with van der Waals surface area (Å²) in [5.74, 6) is -0.444. The molecule has 0 spiro atoms. The monoisotopic (exact) mass is 279 g/mol. The number of rotatable bonds is 4. The van der Waals surface area contributed by atoms with Crippen LogP contribution in [0.15, 0.2) is 65.8 Å². The molecule has 3 heteroatoms. The van der Waals surface area contributed by atoms with Crippen LogP contribution in [-0.4, -0.2) is 11.7 Å². The van der Waals surface area contributed by atoms with Crippen molar-refractivity contribution in [2.45, 2.75) is 13.8 Å². The lowest BCUT2D eigenvalue weighted by Gasteiger charge is -2.01. The van der Waals surface area contributed by atoms with Crippen molar-refractivity contribution in [3.05, 3.63) is 77.4 Å². The van der Waals surface area contributed by atoms with Crippen LogP contribution >= 0.6 is 0 Å².